The van der Waals surface area contributed by atoms with Gasteiger partial charge < -0.3 is 15.4 Å². The Bertz CT molecular complexity index is 458. The van der Waals surface area contributed by atoms with E-state index in [-0.39, 0.29) is 11.9 Å². The lowest BCUT2D eigenvalue weighted by Crippen LogP contribution is -2.45. The number of aliphatic hydroxyl groups excluding tert-OH is 1. The average Bonchev–Trinajstić information content (AvgIpc) is 2.32. The summed E-state index contributed by atoms with van der Waals surface area (Å²) in [7, 11) is 0. The molecule has 2 atom stereocenters. The third kappa shape index (κ3) is 2.92. The van der Waals surface area contributed by atoms with E-state index in [1.54, 1.807) is 18.3 Å². The molecular formula is C12H16N2O2S. The van der Waals surface area contributed by atoms with Crippen LogP contribution >= 0.6 is 12.2 Å². The molecule has 5 heteroatoms. The largest absolute Gasteiger partial charge is 0.391 e. The summed E-state index contributed by atoms with van der Waals surface area (Å²) in [5, 5.41) is 12.6. The molecule has 1 aromatic rings. The average molecular weight is 252 g/mol. The van der Waals surface area contributed by atoms with Gasteiger partial charge in [0.15, 0.2) is 0 Å². The van der Waals surface area contributed by atoms with Crippen molar-refractivity contribution >= 4 is 18.1 Å². The number of carbonyl (C=O) groups excluding carboxylic acids is 1. The Morgan fingerprint density at radius 3 is 2.94 bits per heavy atom. The second kappa shape index (κ2) is 5.42. The van der Waals surface area contributed by atoms with Crippen molar-refractivity contribution in [3.05, 3.63) is 28.5 Å². The van der Waals surface area contributed by atoms with Crippen molar-refractivity contribution in [2.75, 3.05) is 0 Å². The fraction of sp³-hybridized carbons (Fsp3) is 0.500. The lowest BCUT2D eigenvalue weighted by Gasteiger charge is -2.28. The summed E-state index contributed by atoms with van der Waals surface area (Å²) >= 11 is 5.05. The Hall–Kier alpha value is -1.20. The topological polar surface area (TPSA) is 65.1 Å². The maximum Gasteiger partial charge on any atom is 0.254 e. The molecule has 3 N–H and O–H groups in total. The first-order valence-electron chi connectivity index (χ1n) is 5.85. The maximum atomic E-state index is 12.0. The first kappa shape index (κ1) is 12.3. The van der Waals surface area contributed by atoms with Gasteiger partial charge in [-0.25, -0.2) is 0 Å². The standard InChI is InChI=1S/C12H16N2O2S/c15-10-6-2-1-5-9(10)14-11(16)8-4-3-7-13-12(8)17/h3-4,7,9-10,15H,1-2,5-6H2,(H,13,17)(H,14,16). The monoisotopic (exact) mass is 252 g/mol. The predicted molar refractivity (Wildman–Crippen MR) is 67.4 cm³/mol. The van der Waals surface area contributed by atoms with Crippen LogP contribution in [0.15, 0.2) is 18.3 Å². The fourth-order valence-corrected chi connectivity index (χ4v) is 2.35. The molecular weight excluding hydrogens is 236 g/mol. The number of aliphatic hydroxyl groups is 1. The summed E-state index contributed by atoms with van der Waals surface area (Å²) < 4.78 is 0.426. The van der Waals surface area contributed by atoms with Gasteiger partial charge in [-0.1, -0.05) is 25.1 Å². The number of aromatic amines is 1. The third-order valence-corrected chi connectivity index (χ3v) is 3.45. The highest BCUT2D eigenvalue weighted by Gasteiger charge is 2.25. The SMILES string of the molecule is O=C(NC1CCCCC1O)c1ccc[nH]c1=S. The van der Waals surface area contributed by atoms with Crippen LogP contribution in [0.4, 0.5) is 0 Å². The molecule has 1 fully saturated rings. The highest BCUT2D eigenvalue weighted by Crippen LogP contribution is 2.18. The normalized spacial score (nSPS) is 24.3. The molecule has 0 bridgehead atoms. The van der Waals surface area contributed by atoms with Crippen molar-refractivity contribution in [2.24, 2.45) is 0 Å². The van der Waals surface area contributed by atoms with Crippen LogP contribution in [0.25, 0.3) is 0 Å². The highest BCUT2D eigenvalue weighted by atomic mass is 32.1. The zero-order chi connectivity index (χ0) is 12.3. The van der Waals surface area contributed by atoms with Crippen LogP contribution in [-0.4, -0.2) is 28.1 Å². The number of pyridine rings is 1. The summed E-state index contributed by atoms with van der Waals surface area (Å²) in [4.78, 5) is 14.8. The minimum Gasteiger partial charge on any atom is -0.391 e. The van der Waals surface area contributed by atoms with E-state index >= 15 is 0 Å². The van der Waals surface area contributed by atoms with Crippen molar-refractivity contribution < 1.29 is 9.90 Å². The molecule has 17 heavy (non-hydrogen) atoms. The molecule has 1 aliphatic carbocycles. The minimum atomic E-state index is -0.436. The van der Waals surface area contributed by atoms with E-state index in [2.05, 4.69) is 10.3 Å². The molecule has 4 nitrogen and oxygen atoms in total. The van der Waals surface area contributed by atoms with Gasteiger partial charge >= 0.3 is 0 Å². The van der Waals surface area contributed by atoms with E-state index in [4.69, 9.17) is 12.2 Å². The Morgan fingerprint density at radius 2 is 2.24 bits per heavy atom. The van der Waals surface area contributed by atoms with Crippen molar-refractivity contribution in [3.63, 3.8) is 0 Å². The quantitative estimate of drug-likeness (QED) is 0.703. The smallest absolute Gasteiger partial charge is 0.254 e. The Labute approximate surface area is 105 Å². The molecule has 1 amide bonds. The number of H-pyrrole nitrogens is 1. The molecule has 0 aromatic carbocycles. The van der Waals surface area contributed by atoms with E-state index in [1.165, 1.54) is 0 Å². The summed E-state index contributed by atoms with van der Waals surface area (Å²) in [6.45, 7) is 0. The van der Waals surface area contributed by atoms with Gasteiger partial charge in [0.25, 0.3) is 5.91 Å². The van der Waals surface area contributed by atoms with Crippen LogP contribution in [-0.2, 0) is 0 Å². The molecule has 1 heterocycles. The first-order chi connectivity index (χ1) is 8.18. The van der Waals surface area contributed by atoms with E-state index in [0.717, 1.165) is 25.7 Å². The molecule has 92 valence electrons. The van der Waals surface area contributed by atoms with Gasteiger partial charge in [-0.15, -0.1) is 0 Å². The Kier molecular flexibility index (Phi) is 3.91. The maximum absolute atomic E-state index is 12.0. The lowest BCUT2D eigenvalue weighted by atomic mass is 9.92. The molecule has 2 unspecified atom stereocenters. The zero-order valence-electron chi connectivity index (χ0n) is 9.48. The van der Waals surface area contributed by atoms with Crippen LogP contribution in [0.2, 0.25) is 0 Å². The van der Waals surface area contributed by atoms with Gasteiger partial charge in [0.1, 0.15) is 4.64 Å². The zero-order valence-corrected chi connectivity index (χ0v) is 10.3. The number of rotatable bonds is 2. The van der Waals surface area contributed by atoms with E-state index in [9.17, 15) is 9.90 Å². The summed E-state index contributed by atoms with van der Waals surface area (Å²) in [6.07, 6.45) is 4.91. The van der Waals surface area contributed by atoms with Gasteiger partial charge in [-0.05, 0) is 25.0 Å². The fourth-order valence-electron chi connectivity index (χ4n) is 2.13. The van der Waals surface area contributed by atoms with E-state index in [1.807, 2.05) is 0 Å². The minimum absolute atomic E-state index is 0.147. The van der Waals surface area contributed by atoms with E-state index in [0.29, 0.717) is 10.2 Å². The number of hydrogen-bond donors (Lipinski definition) is 3. The summed E-state index contributed by atoms with van der Waals surface area (Å²) in [5.41, 5.74) is 0.459. The van der Waals surface area contributed by atoms with Crippen LogP contribution < -0.4 is 5.32 Å². The molecule has 0 saturated heterocycles. The predicted octanol–water partition coefficient (Wildman–Crippen LogP) is 1.78. The highest BCUT2D eigenvalue weighted by molar-refractivity contribution is 7.71. The van der Waals surface area contributed by atoms with Crippen molar-refractivity contribution in [1.82, 2.24) is 10.3 Å². The van der Waals surface area contributed by atoms with Crippen LogP contribution in [0, 0.1) is 4.64 Å². The Balaban J connectivity index is 2.06. The molecule has 2 rings (SSSR count). The van der Waals surface area contributed by atoms with Gasteiger partial charge in [0.05, 0.1) is 17.7 Å². The van der Waals surface area contributed by atoms with Crippen molar-refractivity contribution in [2.45, 2.75) is 37.8 Å². The molecule has 1 saturated carbocycles. The van der Waals surface area contributed by atoms with Crippen molar-refractivity contribution in [1.29, 1.82) is 0 Å². The molecule has 0 aliphatic heterocycles. The number of carbonyl (C=O) groups is 1. The molecule has 1 aliphatic rings. The third-order valence-electron chi connectivity index (χ3n) is 3.11. The number of nitrogens with one attached hydrogen (secondary N) is 2. The summed E-state index contributed by atoms with van der Waals surface area (Å²) in [6, 6.07) is 3.27. The van der Waals surface area contributed by atoms with Crippen LogP contribution in [0.5, 0.6) is 0 Å². The number of aromatic nitrogens is 1. The lowest BCUT2D eigenvalue weighted by molar-refractivity contribution is 0.0716. The van der Waals surface area contributed by atoms with Gasteiger partial charge in [0.2, 0.25) is 0 Å². The molecule has 0 spiro atoms. The summed E-state index contributed by atoms with van der Waals surface area (Å²) in [5.74, 6) is -0.210. The second-order valence-corrected chi connectivity index (χ2v) is 4.75. The number of amides is 1. The first-order valence-corrected chi connectivity index (χ1v) is 6.26. The molecule has 1 aromatic heterocycles. The van der Waals surface area contributed by atoms with Gasteiger partial charge in [-0.3, -0.25) is 4.79 Å². The Morgan fingerprint density at radius 1 is 1.47 bits per heavy atom. The van der Waals surface area contributed by atoms with Gasteiger partial charge in [-0.2, -0.15) is 0 Å². The molecule has 0 radical (unpaired) electrons. The van der Waals surface area contributed by atoms with Crippen LogP contribution in [0.1, 0.15) is 36.0 Å². The van der Waals surface area contributed by atoms with Crippen molar-refractivity contribution in [3.8, 4) is 0 Å². The number of hydrogen-bond acceptors (Lipinski definition) is 3. The van der Waals surface area contributed by atoms with E-state index < -0.39 is 6.10 Å². The van der Waals surface area contributed by atoms with Crippen LogP contribution in [0.3, 0.4) is 0 Å². The second-order valence-electron chi connectivity index (χ2n) is 4.34. The van der Waals surface area contributed by atoms with Gasteiger partial charge in [0, 0.05) is 6.20 Å².